The molecule has 12 heavy (non-hydrogen) atoms. The third kappa shape index (κ3) is 1.02. The fraction of sp³-hybridized carbons (Fsp3) is 0.444. The van der Waals surface area contributed by atoms with Gasteiger partial charge in [0.1, 0.15) is 0 Å². The van der Waals surface area contributed by atoms with Crippen molar-refractivity contribution in [1.82, 2.24) is 0 Å². The van der Waals surface area contributed by atoms with Crippen molar-refractivity contribution in [2.45, 2.75) is 20.8 Å². The first-order chi connectivity index (χ1) is 5.37. The van der Waals surface area contributed by atoms with Gasteiger partial charge in [0, 0.05) is 0 Å². The second-order valence-corrected chi connectivity index (χ2v) is 3.47. The zero-order chi connectivity index (χ0) is 9.52. The quantitative estimate of drug-likeness (QED) is 0.392. The van der Waals surface area contributed by atoms with Crippen LogP contribution in [0.25, 0.3) is 0 Å². The number of Topliss-reactive ketones (excluding diaryl/α,β-unsaturated/α-hetero) is 2. The van der Waals surface area contributed by atoms with E-state index in [4.69, 9.17) is 0 Å². The van der Waals surface area contributed by atoms with Gasteiger partial charge in [0.15, 0.2) is 5.78 Å². The van der Waals surface area contributed by atoms with Gasteiger partial charge in [-0.2, -0.15) is 0 Å². The number of carbonyl (C=O) groups is 3. The molecule has 3 heteroatoms. The third-order valence-electron chi connectivity index (χ3n) is 2.06. The molecule has 0 aliphatic heterocycles. The van der Waals surface area contributed by atoms with Gasteiger partial charge in [0.25, 0.3) is 0 Å². The summed E-state index contributed by atoms with van der Waals surface area (Å²) in [5.74, 6) is -1.44. The lowest BCUT2D eigenvalue weighted by Gasteiger charge is -2.23. The zero-order valence-corrected chi connectivity index (χ0v) is 7.30. The summed E-state index contributed by atoms with van der Waals surface area (Å²) in [6.07, 6.45) is 1.11. The van der Waals surface area contributed by atoms with Gasteiger partial charge in [-0.3, -0.25) is 14.4 Å². The van der Waals surface area contributed by atoms with E-state index in [1.54, 1.807) is 6.92 Å². The van der Waals surface area contributed by atoms with Crippen LogP contribution < -0.4 is 0 Å². The summed E-state index contributed by atoms with van der Waals surface area (Å²) in [5.41, 5.74) is -0.791. The first kappa shape index (κ1) is 8.84. The maximum absolute atomic E-state index is 11.4. The molecule has 0 saturated carbocycles. The maximum Gasteiger partial charge on any atom is 0.222 e. The molecule has 1 rings (SSSR count). The predicted octanol–water partition coefficient (Wildman–Crippen LogP) is 0.680. The minimum absolute atomic E-state index is 0.257. The Morgan fingerprint density at radius 1 is 1.08 bits per heavy atom. The molecule has 1 aliphatic rings. The summed E-state index contributed by atoms with van der Waals surface area (Å²) < 4.78 is 0. The van der Waals surface area contributed by atoms with Gasteiger partial charge in [0.2, 0.25) is 11.6 Å². The van der Waals surface area contributed by atoms with Gasteiger partial charge in [-0.15, -0.1) is 0 Å². The smallest absolute Gasteiger partial charge is 0.222 e. The first-order valence-corrected chi connectivity index (χ1v) is 3.69. The van der Waals surface area contributed by atoms with E-state index in [9.17, 15) is 14.4 Å². The van der Waals surface area contributed by atoms with E-state index in [0.717, 1.165) is 6.08 Å². The topological polar surface area (TPSA) is 51.2 Å². The second-order valence-electron chi connectivity index (χ2n) is 3.47. The predicted molar refractivity (Wildman–Crippen MR) is 42.6 cm³/mol. The number of hydrogen-bond acceptors (Lipinski definition) is 3. The molecule has 1 aliphatic carbocycles. The normalized spacial score (nSPS) is 22.6. The van der Waals surface area contributed by atoms with E-state index in [2.05, 4.69) is 0 Å². The van der Waals surface area contributed by atoms with E-state index >= 15 is 0 Å². The summed E-state index contributed by atoms with van der Waals surface area (Å²) in [6.45, 7) is 4.51. The molecule has 64 valence electrons. The van der Waals surface area contributed by atoms with Crippen LogP contribution in [0.4, 0.5) is 0 Å². The number of hydrogen-bond donors (Lipinski definition) is 0. The van der Waals surface area contributed by atoms with Gasteiger partial charge in [0.05, 0.1) is 5.41 Å². The fourth-order valence-corrected chi connectivity index (χ4v) is 1.23. The van der Waals surface area contributed by atoms with E-state index in [1.807, 2.05) is 0 Å². The molecule has 0 amide bonds. The Morgan fingerprint density at radius 3 is 2.08 bits per heavy atom. The van der Waals surface area contributed by atoms with Crippen LogP contribution in [0.1, 0.15) is 20.8 Å². The minimum atomic E-state index is -1.16. The minimum Gasteiger partial charge on any atom is -0.293 e. The molecule has 3 nitrogen and oxygen atoms in total. The van der Waals surface area contributed by atoms with E-state index in [0.29, 0.717) is 5.57 Å². The highest BCUT2D eigenvalue weighted by Crippen LogP contribution is 2.26. The summed E-state index contributed by atoms with van der Waals surface area (Å²) in [5, 5.41) is 0. The van der Waals surface area contributed by atoms with Crippen molar-refractivity contribution in [2.75, 3.05) is 0 Å². The van der Waals surface area contributed by atoms with Crippen LogP contribution in [-0.2, 0) is 14.4 Å². The third-order valence-corrected chi connectivity index (χ3v) is 2.06. The fourth-order valence-electron chi connectivity index (χ4n) is 1.23. The highest BCUT2D eigenvalue weighted by atomic mass is 16.2. The standard InChI is InChI=1S/C9H10O3/c1-5-4-6(10)8(12)9(2,3)7(5)11/h4H,1-3H3. The number of ketones is 3. The van der Waals surface area contributed by atoms with Crippen LogP contribution in [-0.4, -0.2) is 17.3 Å². The average Bonchev–Trinajstić information content (AvgIpc) is 1.99. The number of allylic oxidation sites excluding steroid dienone is 2. The molecule has 0 heterocycles. The van der Waals surface area contributed by atoms with Crippen LogP contribution in [0.5, 0.6) is 0 Å². The molecule has 0 unspecified atom stereocenters. The van der Waals surface area contributed by atoms with Crippen LogP contribution in [0.2, 0.25) is 0 Å². The van der Waals surface area contributed by atoms with Gasteiger partial charge >= 0.3 is 0 Å². The van der Waals surface area contributed by atoms with Crippen molar-refractivity contribution < 1.29 is 14.4 Å². The summed E-state index contributed by atoms with van der Waals surface area (Å²) in [6, 6.07) is 0. The van der Waals surface area contributed by atoms with Crippen molar-refractivity contribution in [1.29, 1.82) is 0 Å². The molecule has 0 aromatic rings. The molecular formula is C9H10O3. The Balaban J connectivity index is 3.27. The Morgan fingerprint density at radius 2 is 1.58 bits per heavy atom. The molecule has 0 spiro atoms. The molecule has 0 N–H and O–H groups in total. The summed E-state index contributed by atoms with van der Waals surface area (Å²) in [7, 11) is 0. The Hall–Kier alpha value is -1.25. The lowest BCUT2D eigenvalue weighted by molar-refractivity contribution is -0.145. The van der Waals surface area contributed by atoms with Crippen LogP contribution in [0.3, 0.4) is 0 Å². The molecule has 0 aromatic carbocycles. The maximum atomic E-state index is 11.4. The van der Waals surface area contributed by atoms with Crippen LogP contribution in [0, 0.1) is 5.41 Å². The van der Waals surface area contributed by atoms with Gasteiger partial charge in [-0.1, -0.05) is 0 Å². The molecule has 0 radical (unpaired) electrons. The zero-order valence-electron chi connectivity index (χ0n) is 7.30. The lowest BCUT2D eigenvalue weighted by atomic mass is 9.75. The second kappa shape index (κ2) is 2.37. The van der Waals surface area contributed by atoms with Gasteiger partial charge in [-0.05, 0) is 32.4 Å². The van der Waals surface area contributed by atoms with Crippen LogP contribution >= 0.6 is 0 Å². The molecule has 0 fully saturated rings. The van der Waals surface area contributed by atoms with Crippen LogP contribution in [0.15, 0.2) is 11.6 Å². The van der Waals surface area contributed by atoms with E-state index in [-0.39, 0.29) is 5.78 Å². The largest absolute Gasteiger partial charge is 0.293 e. The molecule has 0 atom stereocenters. The first-order valence-electron chi connectivity index (χ1n) is 3.69. The highest BCUT2D eigenvalue weighted by molar-refractivity contribution is 6.50. The molecule has 0 bridgehead atoms. The van der Waals surface area contributed by atoms with Gasteiger partial charge in [-0.25, -0.2) is 0 Å². The van der Waals surface area contributed by atoms with E-state index in [1.165, 1.54) is 13.8 Å². The summed E-state index contributed by atoms with van der Waals surface area (Å²) in [4.78, 5) is 33.5. The Kier molecular flexibility index (Phi) is 1.75. The van der Waals surface area contributed by atoms with Crippen molar-refractivity contribution in [3.05, 3.63) is 11.6 Å². The number of carbonyl (C=O) groups excluding carboxylic acids is 3. The molecular weight excluding hydrogens is 156 g/mol. The van der Waals surface area contributed by atoms with Crippen molar-refractivity contribution in [2.24, 2.45) is 5.41 Å². The van der Waals surface area contributed by atoms with Crippen molar-refractivity contribution >= 4 is 17.3 Å². The molecule has 0 aromatic heterocycles. The van der Waals surface area contributed by atoms with Crippen molar-refractivity contribution in [3.8, 4) is 0 Å². The van der Waals surface area contributed by atoms with Crippen molar-refractivity contribution in [3.63, 3.8) is 0 Å². The highest BCUT2D eigenvalue weighted by Gasteiger charge is 2.42. The molecule has 0 saturated heterocycles. The number of rotatable bonds is 0. The Labute approximate surface area is 70.4 Å². The lowest BCUT2D eigenvalue weighted by Crippen LogP contribution is -2.41. The van der Waals surface area contributed by atoms with E-state index < -0.39 is 17.0 Å². The average molecular weight is 166 g/mol. The SMILES string of the molecule is CC1=CC(=O)C(=O)C(C)(C)C1=O. The Bertz CT molecular complexity index is 308. The van der Waals surface area contributed by atoms with Gasteiger partial charge < -0.3 is 0 Å². The monoisotopic (exact) mass is 166 g/mol. The summed E-state index contributed by atoms with van der Waals surface area (Å²) >= 11 is 0.